The molecule has 0 amide bonds. The molecule has 1 aromatic carbocycles. The van der Waals surface area contributed by atoms with Gasteiger partial charge in [-0.25, -0.2) is 0 Å². The molecule has 0 aliphatic carbocycles. The van der Waals surface area contributed by atoms with Crippen LogP contribution in [0.3, 0.4) is 0 Å². The maximum Gasteiger partial charge on any atom is 1.04 e. The van der Waals surface area contributed by atoms with E-state index in [0.717, 1.165) is 6.42 Å². The van der Waals surface area contributed by atoms with E-state index in [2.05, 4.69) is 38.1 Å². The maximum atomic E-state index is 9.81. The Balaban J connectivity index is 0.000000423. The molecule has 15 heavy (non-hydrogen) atoms. The molecule has 0 bridgehead atoms. The van der Waals surface area contributed by atoms with Gasteiger partial charge in [0.2, 0.25) is 0 Å². The van der Waals surface area contributed by atoms with Crippen LogP contribution in [-0.2, 0) is 6.42 Å². The first-order valence-electron chi connectivity index (χ1n) is 4.83. The molecule has 0 spiro atoms. The zero-order chi connectivity index (χ0) is 11.7. The lowest BCUT2D eigenvalue weighted by molar-refractivity contribution is 0.535. The van der Waals surface area contributed by atoms with Crippen LogP contribution < -0.4 is 0 Å². The Morgan fingerprint density at radius 3 is 2.00 bits per heavy atom. The molecular formula is C11H15AlF3. The SMILES string of the molecule is [CH2]CCCc1ccc(C)cc1.[F][Al]([F])[F]. The lowest BCUT2D eigenvalue weighted by Crippen LogP contribution is -1.83. The first kappa shape index (κ1) is 14.5. The number of benzene rings is 1. The first-order valence-corrected chi connectivity index (χ1v) is 6.14. The molecule has 0 atom stereocenters. The zero-order valence-electron chi connectivity index (χ0n) is 8.85. The highest BCUT2D eigenvalue weighted by Crippen LogP contribution is 2.06. The Morgan fingerprint density at radius 1 is 1.13 bits per heavy atom. The van der Waals surface area contributed by atoms with E-state index < -0.39 is 15.5 Å². The molecular weight excluding hydrogens is 216 g/mol. The molecule has 0 unspecified atom stereocenters. The average Bonchev–Trinajstić information content (AvgIpc) is 2.16. The van der Waals surface area contributed by atoms with Crippen molar-refractivity contribution in [2.24, 2.45) is 0 Å². The normalized spacial score (nSPS) is 9.13. The van der Waals surface area contributed by atoms with Crippen LogP contribution in [0.15, 0.2) is 24.3 Å². The molecule has 1 rings (SSSR count). The molecule has 83 valence electrons. The number of halogens is 3. The largest absolute Gasteiger partial charge is 1.04 e. The fourth-order valence-corrected chi connectivity index (χ4v) is 1.08. The van der Waals surface area contributed by atoms with E-state index in [1.165, 1.54) is 24.0 Å². The van der Waals surface area contributed by atoms with E-state index >= 15 is 0 Å². The predicted octanol–water partition coefficient (Wildman–Crippen LogP) is 4.03. The topological polar surface area (TPSA) is 0 Å². The quantitative estimate of drug-likeness (QED) is 0.689. The van der Waals surface area contributed by atoms with Gasteiger partial charge in [0.25, 0.3) is 0 Å². The third-order valence-electron chi connectivity index (χ3n) is 1.84. The van der Waals surface area contributed by atoms with Gasteiger partial charge in [-0.2, -0.15) is 0 Å². The second kappa shape index (κ2) is 8.82. The van der Waals surface area contributed by atoms with Gasteiger partial charge in [0.05, 0.1) is 0 Å². The van der Waals surface area contributed by atoms with Crippen molar-refractivity contribution in [3.8, 4) is 0 Å². The van der Waals surface area contributed by atoms with Crippen LogP contribution in [0.4, 0.5) is 10.6 Å². The Labute approximate surface area is 94.9 Å². The summed E-state index contributed by atoms with van der Waals surface area (Å²) in [5, 5.41) is 0. The van der Waals surface area contributed by atoms with Gasteiger partial charge >= 0.3 is 15.5 Å². The Hall–Kier alpha value is -0.458. The lowest BCUT2D eigenvalue weighted by atomic mass is 10.1. The highest BCUT2D eigenvalue weighted by Gasteiger charge is 2.21. The summed E-state index contributed by atoms with van der Waals surface area (Å²) in [4.78, 5) is 0. The summed E-state index contributed by atoms with van der Waals surface area (Å²) in [6, 6.07) is 8.73. The van der Waals surface area contributed by atoms with Crippen molar-refractivity contribution in [2.45, 2.75) is 26.2 Å². The monoisotopic (exact) mass is 231 g/mol. The number of unbranched alkanes of at least 4 members (excludes halogenated alkanes) is 1. The molecule has 0 saturated heterocycles. The molecule has 0 nitrogen and oxygen atoms in total. The molecule has 4 heteroatoms. The second-order valence-electron chi connectivity index (χ2n) is 3.19. The van der Waals surface area contributed by atoms with Crippen molar-refractivity contribution >= 4 is 15.5 Å². The molecule has 0 fully saturated rings. The molecule has 0 aliphatic heterocycles. The highest BCUT2D eigenvalue weighted by atomic mass is 27.3. The second-order valence-corrected chi connectivity index (χ2v) is 3.69. The van der Waals surface area contributed by atoms with Crippen molar-refractivity contribution in [1.82, 2.24) is 0 Å². The third-order valence-corrected chi connectivity index (χ3v) is 1.84. The summed E-state index contributed by atoms with van der Waals surface area (Å²) in [5.74, 6) is 0. The van der Waals surface area contributed by atoms with E-state index in [1.807, 2.05) is 0 Å². The smallest absolute Gasteiger partial charge is 0.346 e. The van der Waals surface area contributed by atoms with Crippen LogP contribution in [0.2, 0.25) is 0 Å². The van der Waals surface area contributed by atoms with Crippen molar-refractivity contribution in [3.63, 3.8) is 0 Å². The van der Waals surface area contributed by atoms with E-state index in [-0.39, 0.29) is 0 Å². The van der Waals surface area contributed by atoms with Gasteiger partial charge in [0.15, 0.2) is 0 Å². The van der Waals surface area contributed by atoms with Crippen LogP contribution in [0.5, 0.6) is 0 Å². The van der Waals surface area contributed by atoms with Crippen LogP contribution in [0, 0.1) is 13.8 Å². The summed E-state index contributed by atoms with van der Waals surface area (Å²) < 4.78 is 29.4. The maximum absolute atomic E-state index is 9.81. The van der Waals surface area contributed by atoms with Crippen LogP contribution in [0.1, 0.15) is 24.0 Å². The summed E-state index contributed by atoms with van der Waals surface area (Å²) in [6.45, 7) is 5.93. The average molecular weight is 231 g/mol. The van der Waals surface area contributed by atoms with Gasteiger partial charge in [0.1, 0.15) is 0 Å². The van der Waals surface area contributed by atoms with Gasteiger partial charge in [-0.05, 0) is 25.3 Å². The van der Waals surface area contributed by atoms with E-state index in [1.54, 1.807) is 0 Å². The number of aryl methyl sites for hydroxylation is 2. The summed E-state index contributed by atoms with van der Waals surface area (Å²) in [6.07, 6.45) is 3.40. The van der Waals surface area contributed by atoms with E-state index in [4.69, 9.17) is 0 Å². The zero-order valence-corrected chi connectivity index (χ0v) is 10.0. The minimum atomic E-state index is -4.64. The molecule has 0 aliphatic rings. The minimum absolute atomic E-state index is 1.04. The summed E-state index contributed by atoms with van der Waals surface area (Å²) in [5.41, 5.74) is 2.77. The molecule has 1 radical (unpaired) electrons. The Bertz CT molecular complexity index is 244. The van der Waals surface area contributed by atoms with Crippen LogP contribution >= 0.6 is 0 Å². The Kier molecular flexibility index (Phi) is 8.55. The van der Waals surface area contributed by atoms with Crippen molar-refractivity contribution < 1.29 is 10.6 Å². The standard InChI is InChI=1S/C11H15.Al.3FH/c1-3-4-5-11-8-6-10(2)7-9-11;;;;/h6-9H,1,3-5H2,2H3;;3*1H/q;+3;;;/p-3. The molecule has 1 aromatic rings. The third kappa shape index (κ3) is 9.84. The number of rotatable bonds is 3. The van der Waals surface area contributed by atoms with Crippen LogP contribution in [0.25, 0.3) is 0 Å². The summed E-state index contributed by atoms with van der Waals surface area (Å²) in [7, 11) is 0. The van der Waals surface area contributed by atoms with Gasteiger partial charge < -0.3 is 10.6 Å². The van der Waals surface area contributed by atoms with Gasteiger partial charge in [-0.3, -0.25) is 0 Å². The predicted molar refractivity (Wildman–Crippen MR) is 58.6 cm³/mol. The first-order chi connectivity index (χ1) is 7.06. The van der Waals surface area contributed by atoms with E-state index in [9.17, 15) is 10.6 Å². The lowest BCUT2D eigenvalue weighted by Gasteiger charge is -1.98. The van der Waals surface area contributed by atoms with Gasteiger partial charge in [0, 0.05) is 0 Å². The fraction of sp³-hybridized carbons (Fsp3) is 0.364. The molecule has 0 heterocycles. The fourth-order valence-electron chi connectivity index (χ4n) is 1.08. The number of hydrogen-bond donors (Lipinski definition) is 0. The van der Waals surface area contributed by atoms with Crippen molar-refractivity contribution in [2.75, 3.05) is 0 Å². The molecule has 0 N–H and O–H groups in total. The summed E-state index contributed by atoms with van der Waals surface area (Å²) >= 11 is -4.64. The minimum Gasteiger partial charge on any atom is -0.346 e. The number of hydrogen-bond acceptors (Lipinski definition) is 0. The van der Waals surface area contributed by atoms with Crippen LogP contribution in [-0.4, -0.2) is 15.5 Å². The van der Waals surface area contributed by atoms with Gasteiger partial charge in [-0.15, -0.1) is 0 Å². The Morgan fingerprint density at radius 2 is 1.60 bits per heavy atom. The molecule has 0 aromatic heterocycles. The van der Waals surface area contributed by atoms with Gasteiger partial charge in [-0.1, -0.05) is 43.2 Å². The van der Waals surface area contributed by atoms with E-state index in [0.29, 0.717) is 0 Å². The van der Waals surface area contributed by atoms with Crippen molar-refractivity contribution in [1.29, 1.82) is 0 Å². The highest BCUT2D eigenvalue weighted by molar-refractivity contribution is 6.33. The molecule has 0 saturated carbocycles. The van der Waals surface area contributed by atoms with Crippen molar-refractivity contribution in [3.05, 3.63) is 42.3 Å².